The Morgan fingerprint density at radius 2 is 1.75 bits per heavy atom. The third kappa shape index (κ3) is 2.88. The van der Waals surface area contributed by atoms with Crippen LogP contribution in [0.2, 0.25) is 0 Å². The summed E-state index contributed by atoms with van der Waals surface area (Å²) in [5.74, 6) is 0.272. The molecule has 0 spiro atoms. The van der Waals surface area contributed by atoms with Crippen molar-refractivity contribution in [2.45, 2.75) is 25.2 Å². The van der Waals surface area contributed by atoms with Crippen LogP contribution >= 0.6 is 0 Å². The van der Waals surface area contributed by atoms with E-state index in [4.69, 9.17) is 5.73 Å². The maximum atomic E-state index is 11.9. The largest absolute Gasteiger partial charge is 0.573 e. The lowest BCUT2D eigenvalue weighted by molar-refractivity contribution is -0.274. The third-order valence-electron chi connectivity index (χ3n) is 2.63. The summed E-state index contributed by atoms with van der Waals surface area (Å²) in [6.45, 7) is 0. The first-order chi connectivity index (χ1) is 7.46. The normalized spacial score (nSPS) is 18.2. The second kappa shape index (κ2) is 3.97. The van der Waals surface area contributed by atoms with Gasteiger partial charge in [0.2, 0.25) is 0 Å². The lowest BCUT2D eigenvalue weighted by Crippen LogP contribution is -2.17. The number of halogens is 3. The van der Waals surface area contributed by atoms with E-state index in [0.717, 1.165) is 18.4 Å². The molecule has 5 heteroatoms. The predicted octanol–water partition coefficient (Wildman–Crippen LogP) is 3.00. The Hall–Kier alpha value is -1.23. The highest BCUT2D eigenvalue weighted by Gasteiger charge is 2.32. The van der Waals surface area contributed by atoms with Crippen LogP contribution in [0.3, 0.4) is 0 Å². The molecule has 2 nitrogen and oxygen atoms in total. The van der Waals surface area contributed by atoms with Gasteiger partial charge in [-0.1, -0.05) is 12.1 Å². The summed E-state index contributed by atoms with van der Waals surface area (Å²) >= 11 is 0. The average Bonchev–Trinajstić information content (AvgIpc) is 2.98. The molecule has 2 rings (SSSR count). The molecule has 16 heavy (non-hydrogen) atoms. The van der Waals surface area contributed by atoms with Crippen molar-refractivity contribution in [3.05, 3.63) is 29.8 Å². The van der Waals surface area contributed by atoms with Crippen molar-refractivity contribution < 1.29 is 17.9 Å². The van der Waals surface area contributed by atoms with Gasteiger partial charge in [0.15, 0.2) is 0 Å². The molecule has 0 aromatic heterocycles. The van der Waals surface area contributed by atoms with E-state index >= 15 is 0 Å². The van der Waals surface area contributed by atoms with Gasteiger partial charge in [-0.2, -0.15) is 0 Å². The molecular formula is C11H12F3NO. The molecule has 0 radical (unpaired) electrons. The smallest absolute Gasteiger partial charge is 0.406 e. The minimum absolute atomic E-state index is 0.0695. The Balaban J connectivity index is 2.04. The van der Waals surface area contributed by atoms with Gasteiger partial charge in [0, 0.05) is 6.04 Å². The molecule has 0 bridgehead atoms. The van der Waals surface area contributed by atoms with Gasteiger partial charge < -0.3 is 10.5 Å². The Morgan fingerprint density at radius 3 is 2.19 bits per heavy atom. The van der Waals surface area contributed by atoms with Crippen molar-refractivity contribution in [3.8, 4) is 5.75 Å². The van der Waals surface area contributed by atoms with Gasteiger partial charge in [-0.3, -0.25) is 0 Å². The van der Waals surface area contributed by atoms with Crippen LogP contribution in [0.1, 0.15) is 24.4 Å². The molecule has 0 aliphatic heterocycles. The fourth-order valence-corrected chi connectivity index (χ4v) is 1.62. The number of benzene rings is 1. The molecule has 1 fully saturated rings. The number of hydrogen-bond acceptors (Lipinski definition) is 2. The fraction of sp³-hybridized carbons (Fsp3) is 0.455. The van der Waals surface area contributed by atoms with Crippen molar-refractivity contribution in [2.24, 2.45) is 11.7 Å². The molecule has 88 valence electrons. The van der Waals surface area contributed by atoms with Gasteiger partial charge >= 0.3 is 6.36 Å². The molecule has 0 heterocycles. The third-order valence-corrected chi connectivity index (χ3v) is 2.63. The number of alkyl halides is 3. The Labute approximate surface area is 91.2 Å². The SMILES string of the molecule is N[C@H](c1ccc(OC(F)(F)F)cc1)C1CC1. The number of ether oxygens (including phenoxy) is 1. The lowest BCUT2D eigenvalue weighted by atomic mass is 10.0. The van der Waals surface area contributed by atoms with Crippen LogP contribution in [0.5, 0.6) is 5.75 Å². The van der Waals surface area contributed by atoms with Gasteiger partial charge in [0.05, 0.1) is 0 Å². The lowest BCUT2D eigenvalue weighted by Gasteiger charge is -2.12. The van der Waals surface area contributed by atoms with Crippen molar-refractivity contribution in [3.63, 3.8) is 0 Å². The quantitative estimate of drug-likeness (QED) is 0.867. The predicted molar refractivity (Wildman–Crippen MR) is 52.8 cm³/mol. The van der Waals surface area contributed by atoms with Crippen molar-refractivity contribution in [1.82, 2.24) is 0 Å². The van der Waals surface area contributed by atoms with Gasteiger partial charge in [-0.15, -0.1) is 13.2 Å². The van der Waals surface area contributed by atoms with E-state index in [1.165, 1.54) is 12.1 Å². The van der Waals surface area contributed by atoms with E-state index in [-0.39, 0.29) is 11.8 Å². The van der Waals surface area contributed by atoms with Crippen molar-refractivity contribution in [2.75, 3.05) is 0 Å². The van der Waals surface area contributed by atoms with Crippen LogP contribution in [0.25, 0.3) is 0 Å². The summed E-state index contributed by atoms with van der Waals surface area (Å²) in [6.07, 6.45) is -2.44. The molecular weight excluding hydrogens is 219 g/mol. The Morgan fingerprint density at radius 1 is 1.19 bits per heavy atom. The number of rotatable bonds is 3. The highest BCUT2D eigenvalue weighted by Crippen LogP contribution is 2.39. The summed E-state index contributed by atoms with van der Waals surface area (Å²) in [6, 6.07) is 5.70. The van der Waals surface area contributed by atoms with Crippen LogP contribution in [0.15, 0.2) is 24.3 Å². The maximum absolute atomic E-state index is 11.9. The first kappa shape index (κ1) is 11.3. The Bertz CT molecular complexity index is 356. The highest BCUT2D eigenvalue weighted by molar-refractivity contribution is 5.30. The zero-order valence-corrected chi connectivity index (χ0v) is 8.50. The molecule has 0 saturated heterocycles. The molecule has 1 saturated carbocycles. The first-order valence-electron chi connectivity index (χ1n) is 5.07. The van der Waals surface area contributed by atoms with E-state index in [2.05, 4.69) is 4.74 Å². The molecule has 2 N–H and O–H groups in total. The van der Waals surface area contributed by atoms with Crippen molar-refractivity contribution in [1.29, 1.82) is 0 Å². The van der Waals surface area contributed by atoms with Crippen LogP contribution in [0.4, 0.5) is 13.2 Å². The second-order valence-corrected chi connectivity index (χ2v) is 3.98. The van der Waals surface area contributed by atoms with E-state index in [9.17, 15) is 13.2 Å². The molecule has 0 unspecified atom stereocenters. The van der Waals surface area contributed by atoms with E-state index in [0.29, 0.717) is 5.92 Å². The summed E-state index contributed by atoms with van der Waals surface area (Å²) in [5.41, 5.74) is 6.77. The highest BCUT2D eigenvalue weighted by atomic mass is 19.4. The van der Waals surface area contributed by atoms with Crippen LogP contribution in [-0.2, 0) is 0 Å². The van der Waals surface area contributed by atoms with Gasteiger partial charge in [0.25, 0.3) is 0 Å². The summed E-state index contributed by atoms with van der Waals surface area (Å²) < 4.78 is 39.4. The molecule has 0 amide bonds. The standard InChI is InChI=1S/C11H12F3NO/c12-11(13,14)16-9-5-3-8(4-6-9)10(15)7-1-2-7/h3-7,10H,1-2,15H2/t10-/m0/s1. The van der Waals surface area contributed by atoms with Crippen LogP contribution in [0, 0.1) is 5.92 Å². The van der Waals surface area contributed by atoms with Crippen molar-refractivity contribution >= 4 is 0 Å². The van der Waals surface area contributed by atoms with Gasteiger partial charge in [-0.05, 0) is 36.5 Å². The molecule has 1 aliphatic carbocycles. The first-order valence-corrected chi connectivity index (χ1v) is 5.07. The fourth-order valence-electron chi connectivity index (χ4n) is 1.62. The molecule has 1 atom stereocenters. The topological polar surface area (TPSA) is 35.2 Å². The number of nitrogens with two attached hydrogens (primary N) is 1. The molecule has 1 aromatic rings. The van der Waals surface area contributed by atoms with E-state index in [1.54, 1.807) is 12.1 Å². The Kier molecular flexibility index (Phi) is 2.80. The summed E-state index contributed by atoms with van der Waals surface area (Å²) in [7, 11) is 0. The zero-order valence-electron chi connectivity index (χ0n) is 8.50. The zero-order chi connectivity index (χ0) is 11.8. The number of hydrogen-bond donors (Lipinski definition) is 1. The van der Waals surface area contributed by atoms with Crippen LogP contribution < -0.4 is 10.5 Å². The van der Waals surface area contributed by atoms with Crippen LogP contribution in [-0.4, -0.2) is 6.36 Å². The minimum atomic E-state index is -4.64. The second-order valence-electron chi connectivity index (χ2n) is 3.98. The van der Waals surface area contributed by atoms with Gasteiger partial charge in [-0.25, -0.2) is 0 Å². The summed E-state index contributed by atoms with van der Waals surface area (Å²) in [5, 5.41) is 0. The monoisotopic (exact) mass is 231 g/mol. The molecule has 1 aliphatic rings. The van der Waals surface area contributed by atoms with Gasteiger partial charge in [0.1, 0.15) is 5.75 Å². The maximum Gasteiger partial charge on any atom is 0.573 e. The van der Waals surface area contributed by atoms with E-state index in [1.807, 2.05) is 0 Å². The average molecular weight is 231 g/mol. The summed E-state index contributed by atoms with van der Waals surface area (Å²) in [4.78, 5) is 0. The minimum Gasteiger partial charge on any atom is -0.406 e. The molecule has 1 aromatic carbocycles. The van der Waals surface area contributed by atoms with E-state index < -0.39 is 6.36 Å².